The van der Waals surface area contributed by atoms with Crippen molar-refractivity contribution in [1.29, 1.82) is 0 Å². The normalized spacial score (nSPS) is 15.2. The van der Waals surface area contributed by atoms with Gasteiger partial charge in [-0.3, -0.25) is 4.79 Å². The molecule has 1 N–H and O–H groups in total. The van der Waals surface area contributed by atoms with E-state index in [-0.39, 0.29) is 12.5 Å². The molecule has 0 unspecified atom stereocenters. The summed E-state index contributed by atoms with van der Waals surface area (Å²) in [7, 11) is -0.403. The molecule has 1 fully saturated rings. The zero-order valence-electron chi connectivity index (χ0n) is 15.9. The molecule has 1 saturated heterocycles. The fourth-order valence-electron chi connectivity index (χ4n) is 3.03. The summed E-state index contributed by atoms with van der Waals surface area (Å²) in [5.41, 5.74) is 0.411. The zero-order valence-corrected chi connectivity index (χ0v) is 17.6. The number of nitrogens with one attached hydrogen (secondary N) is 1. The molecule has 1 aliphatic heterocycles. The van der Waals surface area contributed by atoms with Crippen LogP contribution in [0, 0.1) is 0 Å². The van der Waals surface area contributed by atoms with Crippen LogP contribution in [-0.4, -0.2) is 45.9 Å². The van der Waals surface area contributed by atoms with Gasteiger partial charge in [-0.2, -0.15) is 4.31 Å². The van der Waals surface area contributed by atoms with Gasteiger partial charge in [0.15, 0.2) is 0 Å². The molecular formula is C19H24N2O5S2. The van der Waals surface area contributed by atoms with Crippen molar-refractivity contribution in [3.05, 3.63) is 40.8 Å². The predicted molar refractivity (Wildman–Crippen MR) is 108 cm³/mol. The summed E-state index contributed by atoms with van der Waals surface area (Å²) in [5.74, 6) is 0.761. The average molecular weight is 425 g/mol. The molecule has 0 spiro atoms. The minimum absolute atomic E-state index is 0.249. The topological polar surface area (TPSA) is 84.9 Å². The van der Waals surface area contributed by atoms with Gasteiger partial charge in [0.1, 0.15) is 15.7 Å². The molecule has 1 aromatic heterocycles. The zero-order chi connectivity index (χ0) is 20.1. The lowest BCUT2D eigenvalue weighted by atomic mass is 10.2. The quantitative estimate of drug-likeness (QED) is 0.739. The van der Waals surface area contributed by atoms with Gasteiger partial charge in [0.05, 0.1) is 20.8 Å². The first-order valence-corrected chi connectivity index (χ1v) is 11.3. The number of nitrogens with zero attached hydrogens (tertiary/aromatic N) is 1. The highest BCUT2D eigenvalue weighted by atomic mass is 32.2. The van der Waals surface area contributed by atoms with Crippen molar-refractivity contribution in [3.8, 4) is 11.5 Å². The molecular weight excluding hydrogens is 400 g/mol. The molecule has 1 aliphatic rings. The molecule has 3 rings (SSSR count). The molecule has 2 heterocycles. The number of carbonyl (C=O) groups excluding carboxylic acids is 1. The number of rotatable bonds is 7. The predicted octanol–water partition coefficient (Wildman–Crippen LogP) is 2.87. The fraction of sp³-hybridized carbons (Fsp3) is 0.421. The summed E-state index contributed by atoms with van der Waals surface area (Å²) in [4.78, 5) is 13.2. The van der Waals surface area contributed by atoms with Crippen LogP contribution in [0.25, 0.3) is 0 Å². The second-order valence-electron chi connectivity index (χ2n) is 6.47. The Morgan fingerprint density at radius 1 is 1.07 bits per heavy atom. The highest BCUT2D eigenvalue weighted by molar-refractivity contribution is 7.91. The minimum atomic E-state index is -3.44. The van der Waals surface area contributed by atoms with E-state index in [2.05, 4.69) is 5.32 Å². The molecule has 0 aliphatic carbocycles. The Morgan fingerprint density at radius 3 is 2.32 bits per heavy atom. The van der Waals surface area contributed by atoms with Crippen molar-refractivity contribution in [2.45, 2.75) is 30.0 Å². The third-order valence-corrected chi connectivity index (χ3v) is 8.03. The lowest BCUT2D eigenvalue weighted by Crippen LogP contribution is -2.35. The van der Waals surface area contributed by atoms with Crippen LogP contribution in [0.15, 0.2) is 34.5 Å². The number of carbonyl (C=O) groups is 1. The van der Waals surface area contributed by atoms with E-state index in [1.165, 1.54) is 25.6 Å². The molecule has 2 aromatic rings. The van der Waals surface area contributed by atoms with Crippen molar-refractivity contribution >= 4 is 27.3 Å². The molecule has 9 heteroatoms. The van der Waals surface area contributed by atoms with Crippen LogP contribution in [0.3, 0.4) is 0 Å². The molecule has 1 amide bonds. The van der Waals surface area contributed by atoms with Crippen LogP contribution in [0.4, 0.5) is 0 Å². The van der Waals surface area contributed by atoms with Gasteiger partial charge in [0.25, 0.3) is 15.9 Å². The van der Waals surface area contributed by atoms with Gasteiger partial charge in [0, 0.05) is 29.6 Å². The molecule has 7 nitrogen and oxygen atoms in total. The van der Waals surface area contributed by atoms with E-state index in [1.807, 2.05) is 0 Å². The summed E-state index contributed by atoms with van der Waals surface area (Å²) in [5, 5.41) is 2.81. The van der Waals surface area contributed by atoms with Crippen molar-refractivity contribution in [3.63, 3.8) is 0 Å². The van der Waals surface area contributed by atoms with Crippen molar-refractivity contribution in [2.24, 2.45) is 0 Å². The molecule has 1 aromatic carbocycles. The summed E-state index contributed by atoms with van der Waals surface area (Å²) < 4.78 is 37.7. The first-order valence-electron chi connectivity index (χ1n) is 9.04. The van der Waals surface area contributed by atoms with Gasteiger partial charge in [0.2, 0.25) is 0 Å². The van der Waals surface area contributed by atoms with E-state index >= 15 is 0 Å². The number of ether oxygens (including phenoxy) is 2. The van der Waals surface area contributed by atoms with Gasteiger partial charge in [-0.15, -0.1) is 11.3 Å². The maximum atomic E-state index is 12.7. The maximum absolute atomic E-state index is 12.7. The third kappa shape index (κ3) is 4.65. The smallest absolute Gasteiger partial charge is 0.252 e. The van der Waals surface area contributed by atoms with Crippen LogP contribution in [0.1, 0.15) is 34.5 Å². The van der Waals surface area contributed by atoms with E-state index in [1.54, 1.807) is 34.6 Å². The number of benzene rings is 1. The minimum Gasteiger partial charge on any atom is -0.497 e. The van der Waals surface area contributed by atoms with Gasteiger partial charge in [-0.25, -0.2) is 8.42 Å². The Hall–Kier alpha value is -2.10. The van der Waals surface area contributed by atoms with Crippen molar-refractivity contribution in [2.75, 3.05) is 27.3 Å². The summed E-state index contributed by atoms with van der Waals surface area (Å²) in [6.07, 6.45) is 2.87. The average Bonchev–Trinajstić information content (AvgIpc) is 3.22. The number of sulfonamides is 1. The lowest BCUT2D eigenvalue weighted by Gasteiger charge is -2.25. The Bertz CT molecular complexity index is 911. The Labute approximate surface area is 169 Å². The number of methoxy groups -OCH3 is 2. The molecule has 28 heavy (non-hydrogen) atoms. The van der Waals surface area contributed by atoms with Crippen LogP contribution < -0.4 is 14.8 Å². The Balaban J connectivity index is 1.66. The Kier molecular flexibility index (Phi) is 6.58. The summed E-state index contributed by atoms with van der Waals surface area (Å²) in [6, 6.07) is 8.30. The van der Waals surface area contributed by atoms with E-state index in [4.69, 9.17) is 9.47 Å². The summed E-state index contributed by atoms with van der Waals surface area (Å²) >= 11 is 1.19. The van der Waals surface area contributed by atoms with Gasteiger partial charge in [-0.1, -0.05) is 6.42 Å². The lowest BCUT2D eigenvalue weighted by molar-refractivity contribution is 0.0950. The second-order valence-corrected chi connectivity index (χ2v) is 9.80. The highest BCUT2D eigenvalue weighted by Gasteiger charge is 2.27. The molecule has 0 atom stereocenters. The highest BCUT2D eigenvalue weighted by Crippen LogP contribution is 2.27. The second kappa shape index (κ2) is 8.93. The van der Waals surface area contributed by atoms with E-state index < -0.39 is 10.0 Å². The van der Waals surface area contributed by atoms with Gasteiger partial charge in [-0.05, 0) is 37.1 Å². The first-order chi connectivity index (χ1) is 13.4. The Morgan fingerprint density at radius 2 is 1.71 bits per heavy atom. The van der Waals surface area contributed by atoms with Crippen molar-refractivity contribution < 1.29 is 22.7 Å². The number of hydrogen-bond acceptors (Lipinski definition) is 6. The van der Waals surface area contributed by atoms with Crippen LogP contribution in [0.2, 0.25) is 0 Å². The standard InChI is InChI=1S/C19H24N2O5S2/c1-25-15-10-14(11-16(12-15)26-2)19(22)20-13-17-6-7-18(27-17)28(23,24)21-8-4-3-5-9-21/h6-7,10-12H,3-5,8-9,13H2,1-2H3,(H,20,22). The molecule has 0 bridgehead atoms. The summed E-state index contributed by atoms with van der Waals surface area (Å²) in [6.45, 7) is 1.40. The molecule has 0 radical (unpaired) electrons. The fourth-order valence-corrected chi connectivity index (χ4v) is 6.00. The largest absolute Gasteiger partial charge is 0.497 e. The first kappa shape index (κ1) is 20.6. The van der Waals surface area contributed by atoms with E-state index in [0.29, 0.717) is 34.4 Å². The molecule has 152 valence electrons. The third-order valence-electron chi connectivity index (χ3n) is 4.58. The van der Waals surface area contributed by atoms with Gasteiger partial charge < -0.3 is 14.8 Å². The van der Waals surface area contributed by atoms with E-state index in [9.17, 15) is 13.2 Å². The van der Waals surface area contributed by atoms with Crippen LogP contribution in [-0.2, 0) is 16.6 Å². The number of amides is 1. The van der Waals surface area contributed by atoms with Crippen LogP contribution >= 0.6 is 11.3 Å². The number of thiophene rings is 1. The SMILES string of the molecule is COc1cc(OC)cc(C(=O)NCc2ccc(S(=O)(=O)N3CCCCC3)s2)c1. The monoisotopic (exact) mass is 424 g/mol. The van der Waals surface area contributed by atoms with Crippen molar-refractivity contribution in [1.82, 2.24) is 9.62 Å². The van der Waals surface area contributed by atoms with Gasteiger partial charge >= 0.3 is 0 Å². The maximum Gasteiger partial charge on any atom is 0.252 e. The molecule has 0 saturated carbocycles. The van der Waals surface area contributed by atoms with E-state index in [0.717, 1.165) is 24.1 Å². The van der Waals surface area contributed by atoms with Crippen LogP contribution in [0.5, 0.6) is 11.5 Å². The number of piperidine rings is 1. The number of hydrogen-bond donors (Lipinski definition) is 1.